The fourth-order valence-corrected chi connectivity index (χ4v) is 2.07. The lowest BCUT2D eigenvalue weighted by molar-refractivity contribution is 0.276. The molecule has 1 aromatic carbocycles. The molecule has 0 atom stereocenters. The zero-order valence-corrected chi connectivity index (χ0v) is 12.3. The van der Waals surface area contributed by atoms with Crippen molar-refractivity contribution in [3.63, 3.8) is 0 Å². The van der Waals surface area contributed by atoms with E-state index in [1.807, 2.05) is 18.3 Å². The Morgan fingerprint density at radius 3 is 3.05 bits per heavy atom. The molecule has 0 unspecified atom stereocenters. The lowest BCUT2D eigenvalue weighted by Crippen LogP contribution is -2.02. The van der Waals surface area contributed by atoms with E-state index in [1.54, 1.807) is 10.7 Å². The molecule has 6 nitrogen and oxygen atoms in total. The van der Waals surface area contributed by atoms with Crippen molar-refractivity contribution in [3.8, 4) is 6.07 Å². The summed E-state index contributed by atoms with van der Waals surface area (Å²) in [7, 11) is 0. The van der Waals surface area contributed by atoms with E-state index >= 15 is 0 Å². The molecule has 20 heavy (non-hydrogen) atoms. The fraction of sp³-hybridized carbons (Fsp3) is 0.308. The fourth-order valence-electron chi connectivity index (χ4n) is 1.71. The van der Waals surface area contributed by atoms with Gasteiger partial charge >= 0.3 is 0 Å². The molecule has 0 aliphatic rings. The van der Waals surface area contributed by atoms with E-state index < -0.39 is 0 Å². The van der Waals surface area contributed by atoms with Crippen LogP contribution < -0.4 is 5.32 Å². The third-order valence-electron chi connectivity index (χ3n) is 2.69. The molecular formula is C13H14BrN5O. The molecule has 0 amide bonds. The SMILES string of the molecule is N#Cc1cc(Br)ccc1NCc1cn(CCCO)nn1. The van der Waals surface area contributed by atoms with Crippen LogP contribution in [0.15, 0.2) is 28.9 Å². The van der Waals surface area contributed by atoms with Crippen LogP contribution in [0.4, 0.5) is 5.69 Å². The Balaban J connectivity index is 1.98. The summed E-state index contributed by atoms with van der Waals surface area (Å²) in [6, 6.07) is 7.63. The van der Waals surface area contributed by atoms with Crippen molar-refractivity contribution in [3.05, 3.63) is 40.1 Å². The Morgan fingerprint density at radius 1 is 1.45 bits per heavy atom. The average Bonchev–Trinajstić information content (AvgIpc) is 2.91. The van der Waals surface area contributed by atoms with Gasteiger partial charge in [-0.25, -0.2) is 0 Å². The number of aliphatic hydroxyl groups is 1. The Kier molecular flexibility index (Phi) is 5.09. The first-order valence-corrected chi connectivity index (χ1v) is 6.95. The van der Waals surface area contributed by atoms with Crippen molar-refractivity contribution in [2.24, 2.45) is 0 Å². The molecule has 1 heterocycles. The van der Waals surface area contributed by atoms with Crippen molar-refractivity contribution in [2.45, 2.75) is 19.5 Å². The molecule has 0 spiro atoms. The molecule has 0 fully saturated rings. The third-order valence-corrected chi connectivity index (χ3v) is 3.19. The molecule has 7 heteroatoms. The Bertz CT molecular complexity index is 619. The number of hydrogen-bond acceptors (Lipinski definition) is 5. The molecular weight excluding hydrogens is 322 g/mol. The number of benzene rings is 1. The molecule has 2 aromatic rings. The number of nitrogens with one attached hydrogen (secondary N) is 1. The van der Waals surface area contributed by atoms with E-state index in [9.17, 15) is 0 Å². The van der Waals surface area contributed by atoms with Crippen molar-refractivity contribution in [2.75, 3.05) is 11.9 Å². The molecule has 0 saturated heterocycles. The quantitative estimate of drug-likeness (QED) is 0.841. The Morgan fingerprint density at radius 2 is 2.30 bits per heavy atom. The van der Waals surface area contributed by atoms with Gasteiger partial charge in [-0.2, -0.15) is 5.26 Å². The van der Waals surface area contributed by atoms with Crippen LogP contribution in [0.25, 0.3) is 0 Å². The molecule has 104 valence electrons. The number of nitrogens with zero attached hydrogens (tertiary/aromatic N) is 4. The smallest absolute Gasteiger partial charge is 0.102 e. The molecule has 2 N–H and O–H groups in total. The number of nitriles is 1. The Hall–Kier alpha value is -1.91. The minimum absolute atomic E-state index is 0.137. The Labute approximate surface area is 125 Å². The van der Waals surface area contributed by atoms with Gasteiger partial charge in [0.2, 0.25) is 0 Å². The maximum Gasteiger partial charge on any atom is 0.102 e. The molecule has 0 saturated carbocycles. The zero-order chi connectivity index (χ0) is 14.4. The largest absolute Gasteiger partial charge is 0.396 e. The van der Waals surface area contributed by atoms with Crippen molar-refractivity contribution < 1.29 is 5.11 Å². The number of halogens is 1. The normalized spacial score (nSPS) is 10.2. The summed E-state index contributed by atoms with van der Waals surface area (Å²) in [5.41, 5.74) is 2.13. The van der Waals surface area contributed by atoms with Gasteiger partial charge in [0.05, 0.1) is 24.0 Å². The maximum atomic E-state index is 9.07. The minimum atomic E-state index is 0.137. The highest BCUT2D eigenvalue weighted by atomic mass is 79.9. The van der Waals surface area contributed by atoms with Gasteiger partial charge < -0.3 is 10.4 Å². The van der Waals surface area contributed by atoms with Gasteiger partial charge in [0.1, 0.15) is 11.8 Å². The first kappa shape index (κ1) is 14.5. The first-order valence-electron chi connectivity index (χ1n) is 6.16. The van der Waals surface area contributed by atoms with Gasteiger partial charge in [-0.3, -0.25) is 4.68 Å². The van der Waals surface area contributed by atoms with E-state index in [4.69, 9.17) is 10.4 Å². The predicted molar refractivity (Wildman–Crippen MR) is 77.9 cm³/mol. The summed E-state index contributed by atoms with van der Waals surface area (Å²) in [6.45, 7) is 1.28. The second-order valence-electron chi connectivity index (χ2n) is 4.21. The molecule has 0 aliphatic carbocycles. The lowest BCUT2D eigenvalue weighted by atomic mass is 10.2. The van der Waals surface area contributed by atoms with Gasteiger partial charge in [-0.15, -0.1) is 5.10 Å². The second-order valence-corrected chi connectivity index (χ2v) is 5.12. The number of aliphatic hydroxyl groups excluding tert-OH is 1. The van der Waals surface area contributed by atoms with E-state index in [1.165, 1.54) is 0 Å². The highest BCUT2D eigenvalue weighted by Crippen LogP contribution is 2.20. The second kappa shape index (κ2) is 7.03. The summed E-state index contributed by atoms with van der Waals surface area (Å²) in [5.74, 6) is 0. The van der Waals surface area contributed by atoms with Gasteiger partial charge in [-0.1, -0.05) is 21.1 Å². The van der Waals surface area contributed by atoms with Crippen LogP contribution in [0, 0.1) is 11.3 Å². The number of anilines is 1. The highest BCUT2D eigenvalue weighted by Gasteiger charge is 2.04. The van der Waals surface area contributed by atoms with Gasteiger partial charge in [-0.05, 0) is 24.6 Å². The van der Waals surface area contributed by atoms with E-state index in [0.717, 1.165) is 15.9 Å². The van der Waals surface area contributed by atoms with Crippen LogP contribution in [-0.2, 0) is 13.1 Å². The van der Waals surface area contributed by atoms with Gasteiger partial charge in [0, 0.05) is 17.6 Å². The number of rotatable bonds is 6. The standard InChI is InChI=1S/C13H14BrN5O/c14-11-2-3-13(10(6-11)7-15)16-8-12-9-19(18-17-12)4-1-5-20/h2-3,6,9,16,20H,1,4-5,8H2. The third kappa shape index (κ3) is 3.79. The maximum absolute atomic E-state index is 9.07. The summed E-state index contributed by atoms with van der Waals surface area (Å²) in [4.78, 5) is 0. The molecule has 0 aliphatic heterocycles. The van der Waals surface area contributed by atoms with Crippen molar-refractivity contribution in [1.82, 2.24) is 15.0 Å². The average molecular weight is 336 g/mol. The molecule has 2 rings (SSSR count). The van der Waals surface area contributed by atoms with Crippen LogP contribution in [0.1, 0.15) is 17.7 Å². The molecule has 0 radical (unpaired) electrons. The number of aromatic nitrogens is 3. The van der Waals surface area contributed by atoms with Gasteiger partial charge in [0.25, 0.3) is 0 Å². The van der Waals surface area contributed by atoms with Crippen LogP contribution in [0.3, 0.4) is 0 Å². The van der Waals surface area contributed by atoms with E-state index in [0.29, 0.717) is 25.1 Å². The molecule has 1 aromatic heterocycles. The summed E-state index contributed by atoms with van der Waals surface area (Å²) < 4.78 is 2.56. The minimum Gasteiger partial charge on any atom is -0.396 e. The van der Waals surface area contributed by atoms with Crippen LogP contribution in [0.5, 0.6) is 0 Å². The van der Waals surface area contributed by atoms with Crippen molar-refractivity contribution in [1.29, 1.82) is 5.26 Å². The first-order chi connectivity index (χ1) is 9.72. The molecule has 0 bridgehead atoms. The van der Waals surface area contributed by atoms with E-state index in [-0.39, 0.29) is 6.61 Å². The zero-order valence-electron chi connectivity index (χ0n) is 10.8. The lowest BCUT2D eigenvalue weighted by Gasteiger charge is -2.06. The van der Waals surface area contributed by atoms with Gasteiger partial charge in [0.15, 0.2) is 0 Å². The summed E-state index contributed by atoms with van der Waals surface area (Å²) in [5, 5.41) is 29.0. The number of aryl methyl sites for hydroxylation is 1. The van der Waals surface area contributed by atoms with Crippen LogP contribution in [-0.4, -0.2) is 26.7 Å². The summed E-state index contributed by atoms with van der Waals surface area (Å²) in [6.07, 6.45) is 2.48. The number of hydrogen-bond donors (Lipinski definition) is 2. The topological polar surface area (TPSA) is 86.8 Å². The highest BCUT2D eigenvalue weighted by molar-refractivity contribution is 9.10. The summed E-state index contributed by atoms with van der Waals surface area (Å²) >= 11 is 3.34. The predicted octanol–water partition coefficient (Wildman–Crippen LogP) is 1.91. The van der Waals surface area contributed by atoms with Crippen LogP contribution >= 0.6 is 15.9 Å². The van der Waals surface area contributed by atoms with Crippen molar-refractivity contribution >= 4 is 21.6 Å². The van der Waals surface area contributed by atoms with Crippen LogP contribution in [0.2, 0.25) is 0 Å². The van der Waals surface area contributed by atoms with E-state index in [2.05, 4.69) is 37.6 Å². The monoisotopic (exact) mass is 335 g/mol.